The first kappa shape index (κ1) is 51.9. The van der Waals surface area contributed by atoms with E-state index in [0.29, 0.717) is 12.8 Å². The Morgan fingerprint density at radius 2 is 1.04 bits per heavy atom. The molecule has 312 valence electrons. The quantitative estimate of drug-likeness (QED) is 0.0273. The molecule has 10 heteroatoms. The van der Waals surface area contributed by atoms with Crippen LogP contribution in [-0.2, 0) is 32.7 Å². The summed E-state index contributed by atoms with van der Waals surface area (Å²) in [4.78, 5) is 34.8. The lowest BCUT2D eigenvalue weighted by Gasteiger charge is -2.19. The number of rotatable bonds is 37. The van der Waals surface area contributed by atoms with Gasteiger partial charge in [0.1, 0.15) is 6.61 Å². The topological polar surface area (TPSA) is 134 Å². The lowest BCUT2D eigenvalue weighted by Crippen LogP contribution is -2.29. The molecule has 55 heavy (non-hydrogen) atoms. The first-order valence-electron chi connectivity index (χ1n) is 20.7. The number of ether oxygens (including phenoxy) is 2. The van der Waals surface area contributed by atoms with Crippen molar-refractivity contribution in [3.63, 3.8) is 0 Å². The van der Waals surface area contributed by atoms with Crippen LogP contribution in [0, 0.1) is 0 Å². The Bertz CT molecular complexity index is 1220. The number of phosphoric ester groups is 1. The summed E-state index contributed by atoms with van der Waals surface area (Å²) >= 11 is 0. The molecule has 0 amide bonds. The Hall–Kier alpha value is -3.07. The summed E-state index contributed by atoms with van der Waals surface area (Å²) in [6.07, 6.45) is 51.7. The summed E-state index contributed by atoms with van der Waals surface area (Å²) in [5.74, 6) is -0.976. The van der Waals surface area contributed by atoms with Crippen molar-refractivity contribution in [2.75, 3.05) is 26.4 Å². The monoisotopic (exact) mass is 788 g/mol. The van der Waals surface area contributed by atoms with Crippen molar-refractivity contribution in [2.24, 2.45) is 5.73 Å². The molecular formula is C45H74NO8P. The number of carbonyl (C=O) groups is 2. The molecule has 3 N–H and O–H groups in total. The van der Waals surface area contributed by atoms with Crippen LogP contribution in [0.3, 0.4) is 0 Å². The van der Waals surface area contributed by atoms with Crippen molar-refractivity contribution in [1.82, 2.24) is 0 Å². The molecule has 0 aromatic rings. The van der Waals surface area contributed by atoms with Gasteiger partial charge in [-0.15, -0.1) is 0 Å². The number of nitrogens with two attached hydrogens (primary N) is 1. The predicted molar refractivity (Wildman–Crippen MR) is 228 cm³/mol. The lowest BCUT2D eigenvalue weighted by atomic mass is 10.1. The number of esters is 2. The molecule has 0 spiro atoms. The number of phosphoric acid groups is 1. The van der Waals surface area contributed by atoms with Crippen LogP contribution in [0.4, 0.5) is 0 Å². The molecule has 9 nitrogen and oxygen atoms in total. The van der Waals surface area contributed by atoms with E-state index in [4.69, 9.17) is 24.3 Å². The van der Waals surface area contributed by atoms with Gasteiger partial charge in [0, 0.05) is 19.4 Å². The molecule has 0 bridgehead atoms. The molecule has 0 aromatic carbocycles. The fraction of sp³-hybridized carbons (Fsp3) is 0.600. The van der Waals surface area contributed by atoms with Gasteiger partial charge >= 0.3 is 19.8 Å². The van der Waals surface area contributed by atoms with Crippen molar-refractivity contribution in [2.45, 2.75) is 148 Å². The third-order valence-electron chi connectivity index (χ3n) is 7.97. The molecule has 0 heterocycles. The molecule has 0 aromatic heterocycles. The molecule has 0 aliphatic carbocycles. The molecule has 0 saturated heterocycles. The van der Waals surface area contributed by atoms with Gasteiger partial charge in [0.15, 0.2) is 6.10 Å². The van der Waals surface area contributed by atoms with Gasteiger partial charge in [-0.1, -0.05) is 143 Å². The summed E-state index contributed by atoms with van der Waals surface area (Å²) < 4.78 is 32.6. The summed E-state index contributed by atoms with van der Waals surface area (Å²) in [5, 5.41) is 0. The average molecular weight is 788 g/mol. The number of unbranched alkanes of at least 4 members (excludes halogenated alkanes) is 8. The van der Waals surface area contributed by atoms with Gasteiger partial charge in [0.2, 0.25) is 0 Å². The molecule has 0 aliphatic rings. The zero-order valence-electron chi connectivity index (χ0n) is 34.1. The van der Waals surface area contributed by atoms with E-state index in [2.05, 4.69) is 98.9 Å². The Morgan fingerprint density at radius 1 is 0.564 bits per heavy atom. The van der Waals surface area contributed by atoms with Gasteiger partial charge in [-0.3, -0.25) is 18.6 Å². The van der Waals surface area contributed by atoms with E-state index in [1.165, 1.54) is 38.5 Å². The first-order chi connectivity index (χ1) is 26.8. The zero-order valence-corrected chi connectivity index (χ0v) is 35.0. The van der Waals surface area contributed by atoms with Gasteiger partial charge in [-0.2, -0.15) is 0 Å². The first-order valence-corrected chi connectivity index (χ1v) is 22.2. The lowest BCUT2D eigenvalue weighted by molar-refractivity contribution is -0.161. The van der Waals surface area contributed by atoms with Crippen LogP contribution in [0.15, 0.2) is 97.2 Å². The summed E-state index contributed by atoms with van der Waals surface area (Å²) in [5.41, 5.74) is 5.33. The van der Waals surface area contributed by atoms with E-state index in [0.717, 1.165) is 64.2 Å². The highest BCUT2D eigenvalue weighted by molar-refractivity contribution is 7.47. The van der Waals surface area contributed by atoms with E-state index in [-0.39, 0.29) is 32.6 Å². The second-order valence-electron chi connectivity index (χ2n) is 13.1. The number of carbonyl (C=O) groups excluding carboxylic acids is 2. The third-order valence-corrected chi connectivity index (χ3v) is 8.95. The molecule has 0 radical (unpaired) electrons. The smallest absolute Gasteiger partial charge is 0.462 e. The highest BCUT2D eigenvalue weighted by Gasteiger charge is 2.25. The van der Waals surface area contributed by atoms with Crippen LogP contribution >= 0.6 is 7.82 Å². The highest BCUT2D eigenvalue weighted by Crippen LogP contribution is 2.43. The zero-order chi connectivity index (χ0) is 40.3. The van der Waals surface area contributed by atoms with Gasteiger partial charge in [0.05, 0.1) is 13.2 Å². The fourth-order valence-corrected chi connectivity index (χ4v) is 5.69. The summed E-state index contributed by atoms with van der Waals surface area (Å²) in [6.45, 7) is 3.45. The van der Waals surface area contributed by atoms with Crippen LogP contribution in [0.5, 0.6) is 0 Å². The van der Waals surface area contributed by atoms with Crippen molar-refractivity contribution >= 4 is 19.8 Å². The second kappa shape index (κ2) is 40.6. The van der Waals surface area contributed by atoms with E-state index in [1.54, 1.807) is 0 Å². The fourth-order valence-electron chi connectivity index (χ4n) is 4.92. The van der Waals surface area contributed by atoms with Crippen molar-refractivity contribution in [3.05, 3.63) is 97.2 Å². The van der Waals surface area contributed by atoms with E-state index in [9.17, 15) is 19.0 Å². The van der Waals surface area contributed by atoms with Gasteiger partial charge in [-0.05, 0) is 83.5 Å². The molecule has 2 atom stereocenters. The normalized spacial score (nSPS) is 14.3. The number of hydrogen-bond acceptors (Lipinski definition) is 8. The van der Waals surface area contributed by atoms with Crippen LogP contribution in [-0.4, -0.2) is 49.3 Å². The van der Waals surface area contributed by atoms with E-state index < -0.39 is 32.5 Å². The number of allylic oxidation sites excluding steroid dienone is 16. The Balaban J connectivity index is 4.39. The molecule has 0 fully saturated rings. The van der Waals surface area contributed by atoms with Crippen LogP contribution < -0.4 is 5.73 Å². The van der Waals surface area contributed by atoms with Gasteiger partial charge in [-0.25, -0.2) is 4.57 Å². The Kier molecular flexibility index (Phi) is 38.3. The minimum atomic E-state index is -4.41. The van der Waals surface area contributed by atoms with Crippen LogP contribution in [0.1, 0.15) is 142 Å². The van der Waals surface area contributed by atoms with Crippen molar-refractivity contribution in [3.8, 4) is 0 Å². The van der Waals surface area contributed by atoms with Crippen LogP contribution in [0.25, 0.3) is 0 Å². The Morgan fingerprint density at radius 3 is 1.56 bits per heavy atom. The molecule has 0 rings (SSSR count). The maximum atomic E-state index is 12.5. The van der Waals surface area contributed by atoms with Crippen molar-refractivity contribution < 1.29 is 37.6 Å². The second-order valence-corrected chi connectivity index (χ2v) is 14.6. The van der Waals surface area contributed by atoms with E-state index >= 15 is 0 Å². The maximum absolute atomic E-state index is 12.5. The summed E-state index contributed by atoms with van der Waals surface area (Å²) in [7, 11) is -4.41. The molecule has 0 aliphatic heterocycles. The third kappa shape index (κ3) is 40.4. The summed E-state index contributed by atoms with van der Waals surface area (Å²) in [6, 6.07) is 0. The van der Waals surface area contributed by atoms with Crippen molar-refractivity contribution in [1.29, 1.82) is 0 Å². The number of hydrogen-bond donors (Lipinski definition) is 2. The molecular weight excluding hydrogens is 713 g/mol. The van der Waals surface area contributed by atoms with Crippen LogP contribution in [0.2, 0.25) is 0 Å². The van der Waals surface area contributed by atoms with E-state index in [1.807, 2.05) is 12.2 Å². The standard InChI is InChI=1S/C45H74NO8P/c1-3-5-7-9-11-13-15-17-19-20-21-22-24-26-28-30-32-34-36-38-45(48)54-43(42-53-55(49,50)52-40-39-46)41-51-44(47)37-35-33-31-29-27-25-23-18-16-14-12-10-8-6-4-2/h5,7,11,13,17-19,21-23,26-29,32,34,43H,3-4,6,8-10,12,14-16,20,24-25,30-31,33,35-42,46H2,1-2H3,(H,49,50)/b7-5+,13-11+,19-17+,22-21+,23-18+,28-26+,29-27+,34-32+/t43-/m1/s1. The largest absolute Gasteiger partial charge is 0.472 e. The minimum absolute atomic E-state index is 0.0324. The predicted octanol–water partition coefficient (Wildman–Crippen LogP) is 11.8. The highest BCUT2D eigenvalue weighted by atomic mass is 31.2. The average Bonchev–Trinajstić information content (AvgIpc) is 3.17. The van der Waals surface area contributed by atoms with Gasteiger partial charge in [0.25, 0.3) is 0 Å². The minimum Gasteiger partial charge on any atom is -0.462 e. The molecule has 0 saturated carbocycles. The van der Waals surface area contributed by atoms with Gasteiger partial charge < -0.3 is 20.1 Å². The molecule has 1 unspecified atom stereocenters. The maximum Gasteiger partial charge on any atom is 0.472 e. The Labute approximate surface area is 334 Å². The SMILES string of the molecule is CC/C=C/C/C=C/C/C=C/C/C=C/C/C=C/C/C=C/CCC(=O)O[C@H](COC(=O)CCCC/C=C/C/C=C/CCCCCCCC)COP(=O)(O)OCCN.